The molecule has 17 heavy (non-hydrogen) atoms. The first-order chi connectivity index (χ1) is 8.24. The Hall–Kier alpha value is -1.36. The number of hydrogen-bond donors (Lipinski definition) is 2. The minimum atomic E-state index is -0.560. The lowest BCUT2D eigenvalue weighted by Crippen LogP contribution is -2.39. The topological polar surface area (TPSA) is 58.2 Å². The van der Waals surface area contributed by atoms with Crippen LogP contribution in [0.15, 0.2) is 17.5 Å². The van der Waals surface area contributed by atoms with Crippen LogP contribution < -0.4 is 10.6 Å². The van der Waals surface area contributed by atoms with Crippen LogP contribution in [-0.2, 0) is 16.1 Å². The molecular formula is C12H18N2O2S. The zero-order chi connectivity index (χ0) is 12.5. The van der Waals surface area contributed by atoms with E-state index >= 15 is 0 Å². The normalized spacial score (nSPS) is 9.94. The van der Waals surface area contributed by atoms with Crippen molar-refractivity contribution >= 4 is 23.2 Å². The highest BCUT2D eigenvalue weighted by atomic mass is 32.1. The average molecular weight is 254 g/mol. The number of carbonyl (C=O) groups is 2. The molecule has 0 radical (unpaired) electrons. The average Bonchev–Trinajstić information content (AvgIpc) is 2.84. The van der Waals surface area contributed by atoms with Crippen molar-refractivity contribution in [3.05, 3.63) is 22.4 Å². The molecule has 2 N–H and O–H groups in total. The van der Waals surface area contributed by atoms with Gasteiger partial charge in [0, 0.05) is 11.4 Å². The molecule has 0 aliphatic carbocycles. The maximum atomic E-state index is 11.4. The highest BCUT2D eigenvalue weighted by molar-refractivity contribution is 7.09. The van der Waals surface area contributed by atoms with Crippen molar-refractivity contribution in [3.63, 3.8) is 0 Å². The largest absolute Gasteiger partial charge is 0.348 e. The Morgan fingerprint density at radius 3 is 2.65 bits per heavy atom. The molecule has 0 saturated heterocycles. The van der Waals surface area contributed by atoms with E-state index in [4.69, 9.17) is 0 Å². The number of hydrogen-bond acceptors (Lipinski definition) is 3. The molecule has 1 aromatic rings. The molecule has 5 heteroatoms. The van der Waals surface area contributed by atoms with Gasteiger partial charge in [0.2, 0.25) is 0 Å². The quantitative estimate of drug-likeness (QED) is 0.599. The van der Waals surface area contributed by atoms with Crippen LogP contribution in [0, 0.1) is 0 Å². The molecule has 0 aliphatic rings. The monoisotopic (exact) mass is 254 g/mol. The van der Waals surface area contributed by atoms with Gasteiger partial charge >= 0.3 is 11.8 Å². The van der Waals surface area contributed by atoms with Crippen LogP contribution in [0.3, 0.4) is 0 Å². The van der Waals surface area contributed by atoms with Gasteiger partial charge in [0.15, 0.2) is 0 Å². The fourth-order valence-electron chi connectivity index (χ4n) is 1.32. The molecule has 94 valence electrons. The van der Waals surface area contributed by atoms with Gasteiger partial charge in [-0.2, -0.15) is 0 Å². The Labute approximate surface area is 105 Å². The number of rotatable bonds is 6. The Morgan fingerprint density at radius 2 is 2.00 bits per heavy atom. The summed E-state index contributed by atoms with van der Waals surface area (Å²) in [6, 6.07) is 3.83. The molecule has 0 bridgehead atoms. The van der Waals surface area contributed by atoms with E-state index < -0.39 is 11.8 Å². The molecule has 0 atom stereocenters. The first-order valence-electron chi connectivity index (χ1n) is 5.82. The van der Waals surface area contributed by atoms with Crippen molar-refractivity contribution in [1.29, 1.82) is 0 Å². The highest BCUT2D eigenvalue weighted by Crippen LogP contribution is 2.06. The second kappa shape index (κ2) is 7.84. The number of unbranched alkanes of at least 4 members (excludes halogenated alkanes) is 2. The molecule has 2 amide bonds. The lowest BCUT2D eigenvalue weighted by molar-refractivity contribution is -0.139. The Bertz CT molecular complexity index is 349. The lowest BCUT2D eigenvalue weighted by atomic mass is 10.2. The SMILES string of the molecule is CCCCCNC(=O)C(=O)NCc1cccs1. The van der Waals surface area contributed by atoms with Crippen molar-refractivity contribution in [3.8, 4) is 0 Å². The molecule has 1 aromatic heterocycles. The first kappa shape index (κ1) is 13.7. The standard InChI is InChI=1S/C12H18N2O2S/c1-2-3-4-7-13-11(15)12(16)14-9-10-6-5-8-17-10/h5-6,8H,2-4,7,9H2,1H3,(H,13,15)(H,14,16). The summed E-state index contributed by atoms with van der Waals surface area (Å²) in [5.74, 6) is -1.10. The first-order valence-corrected chi connectivity index (χ1v) is 6.70. The van der Waals surface area contributed by atoms with E-state index in [1.807, 2.05) is 17.5 Å². The summed E-state index contributed by atoms with van der Waals surface area (Å²) in [4.78, 5) is 23.8. The van der Waals surface area contributed by atoms with E-state index in [2.05, 4.69) is 17.6 Å². The van der Waals surface area contributed by atoms with Gasteiger partial charge in [0.1, 0.15) is 0 Å². The summed E-state index contributed by atoms with van der Waals surface area (Å²) in [6.07, 6.45) is 3.08. The van der Waals surface area contributed by atoms with E-state index in [0.29, 0.717) is 13.1 Å². The maximum Gasteiger partial charge on any atom is 0.309 e. The van der Waals surface area contributed by atoms with Crippen molar-refractivity contribution in [2.24, 2.45) is 0 Å². The van der Waals surface area contributed by atoms with Crippen LogP contribution in [0.25, 0.3) is 0 Å². The number of amides is 2. The molecule has 0 aliphatic heterocycles. The third-order valence-corrected chi connectivity index (χ3v) is 3.15. The maximum absolute atomic E-state index is 11.4. The van der Waals surface area contributed by atoms with E-state index in [0.717, 1.165) is 24.1 Å². The minimum Gasteiger partial charge on any atom is -0.348 e. The number of thiophene rings is 1. The number of carbonyl (C=O) groups excluding carboxylic acids is 2. The molecule has 4 nitrogen and oxygen atoms in total. The fourth-order valence-corrected chi connectivity index (χ4v) is 1.96. The van der Waals surface area contributed by atoms with Gasteiger partial charge in [-0.3, -0.25) is 9.59 Å². The van der Waals surface area contributed by atoms with Crippen LogP contribution in [-0.4, -0.2) is 18.4 Å². The zero-order valence-electron chi connectivity index (χ0n) is 9.99. The molecule has 0 unspecified atom stereocenters. The summed E-state index contributed by atoms with van der Waals surface area (Å²) >= 11 is 1.55. The summed E-state index contributed by atoms with van der Waals surface area (Å²) in [5.41, 5.74) is 0. The van der Waals surface area contributed by atoms with E-state index in [1.165, 1.54) is 0 Å². The fraction of sp³-hybridized carbons (Fsp3) is 0.500. The summed E-state index contributed by atoms with van der Waals surface area (Å²) in [5, 5.41) is 7.12. The molecule has 0 fully saturated rings. The Balaban J connectivity index is 2.16. The van der Waals surface area contributed by atoms with E-state index in [9.17, 15) is 9.59 Å². The molecule has 0 aromatic carbocycles. The molecule has 1 heterocycles. The third kappa shape index (κ3) is 5.49. The van der Waals surface area contributed by atoms with Crippen LogP contribution in [0.5, 0.6) is 0 Å². The van der Waals surface area contributed by atoms with Crippen LogP contribution in [0.4, 0.5) is 0 Å². The summed E-state index contributed by atoms with van der Waals surface area (Å²) < 4.78 is 0. The molecule has 0 spiro atoms. The zero-order valence-corrected chi connectivity index (χ0v) is 10.8. The predicted molar refractivity (Wildman–Crippen MR) is 68.7 cm³/mol. The highest BCUT2D eigenvalue weighted by Gasteiger charge is 2.11. The Kier molecular flexibility index (Phi) is 6.32. The van der Waals surface area contributed by atoms with Gasteiger partial charge < -0.3 is 10.6 Å². The lowest BCUT2D eigenvalue weighted by Gasteiger charge is -2.05. The van der Waals surface area contributed by atoms with Crippen molar-refractivity contribution in [1.82, 2.24) is 10.6 Å². The second-order valence-corrected chi connectivity index (χ2v) is 4.76. The smallest absolute Gasteiger partial charge is 0.309 e. The van der Waals surface area contributed by atoms with Crippen molar-refractivity contribution < 1.29 is 9.59 Å². The van der Waals surface area contributed by atoms with Crippen LogP contribution in [0.2, 0.25) is 0 Å². The van der Waals surface area contributed by atoms with Gasteiger partial charge in [0.05, 0.1) is 6.54 Å². The van der Waals surface area contributed by atoms with Gasteiger partial charge in [-0.25, -0.2) is 0 Å². The van der Waals surface area contributed by atoms with Crippen LogP contribution in [0.1, 0.15) is 31.1 Å². The van der Waals surface area contributed by atoms with E-state index in [1.54, 1.807) is 11.3 Å². The third-order valence-electron chi connectivity index (χ3n) is 2.28. The minimum absolute atomic E-state index is 0.416. The van der Waals surface area contributed by atoms with Gasteiger partial charge in [-0.15, -0.1) is 11.3 Å². The summed E-state index contributed by atoms with van der Waals surface area (Å²) in [7, 11) is 0. The second-order valence-electron chi connectivity index (χ2n) is 3.73. The van der Waals surface area contributed by atoms with Gasteiger partial charge in [-0.1, -0.05) is 25.8 Å². The predicted octanol–water partition coefficient (Wildman–Crippen LogP) is 1.67. The van der Waals surface area contributed by atoms with Crippen molar-refractivity contribution in [2.75, 3.05) is 6.54 Å². The van der Waals surface area contributed by atoms with Gasteiger partial charge in [0.25, 0.3) is 0 Å². The molecule has 0 saturated carbocycles. The number of nitrogens with one attached hydrogen (secondary N) is 2. The summed E-state index contributed by atoms with van der Waals surface area (Å²) in [6.45, 7) is 3.08. The van der Waals surface area contributed by atoms with Gasteiger partial charge in [-0.05, 0) is 17.9 Å². The molecule has 1 rings (SSSR count). The van der Waals surface area contributed by atoms with E-state index in [-0.39, 0.29) is 0 Å². The van der Waals surface area contributed by atoms with Crippen molar-refractivity contribution in [2.45, 2.75) is 32.7 Å². The Morgan fingerprint density at radius 1 is 1.24 bits per heavy atom. The van der Waals surface area contributed by atoms with Crippen LogP contribution >= 0.6 is 11.3 Å². The molecular weight excluding hydrogens is 236 g/mol.